The number of aliphatic hydroxyl groups excluding tert-OH is 2. The van der Waals surface area contributed by atoms with Crippen LogP contribution in [-0.2, 0) is 9.47 Å². The lowest BCUT2D eigenvalue weighted by atomic mass is 10.1. The van der Waals surface area contributed by atoms with Crippen molar-refractivity contribution in [2.75, 3.05) is 19.5 Å². The maximum absolute atomic E-state index is 10.3. The van der Waals surface area contributed by atoms with E-state index >= 15 is 0 Å². The number of rotatable bonds is 3. The van der Waals surface area contributed by atoms with Crippen molar-refractivity contribution in [2.24, 2.45) is 0 Å². The van der Waals surface area contributed by atoms with Crippen molar-refractivity contribution >= 4 is 29.3 Å². The number of methoxy groups -OCH3 is 1. The summed E-state index contributed by atoms with van der Waals surface area (Å²) in [6.45, 7) is -0.265. The van der Waals surface area contributed by atoms with Gasteiger partial charge in [0.05, 0.1) is 12.9 Å². The number of aliphatic hydroxyl groups is 2. The number of ether oxygens (including phenoxy) is 2. The van der Waals surface area contributed by atoms with Gasteiger partial charge in [-0.05, 0) is 0 Å². The molecule has 21 heavy (non-hydrogen) atoms. The van der Waals surface area contributed by atoms with Crippen LogP contribution in [0.1, 0.15) is 6.23 Å². The molecule has 10 heteroatoms. The lowest BCUT2D eigenvalue weighted by Crippen LogP contribution is -2.35. The zero-order valence-electron chi connectivity index (χ0n) is 11.1. The fourth-order valence-electron chi connectivity index (χ4n) is 2.53. The molecule has 1 aliphatic heterocycles. The summed E-state index contributed by atoms with van der Waals surface area (Å²) in [4.78, 5) is 10.9. The van der Waals surface area contributed by atoms with Crippen molar-refractivity contribution in [2.45, 2.75) is 24.5 Å². The molecule has 3 rings (SSSR count). The number of hydrogen-bond donors (Lipinski definition) is 4. The molecule has 1 aliphatic rings. The van der Waals surface area contributed by atoms with Crippen LogP contribution in [0.4, 0.5) is 5.95 Å². The van der Waals surface area contributed by atoms with Gasteiger partial charge in [-0.25, -0.2) is 9.97 Å². The molecule has 114 valence electrons. The van der Waals surface area contributed by atoms with Crippen LogP contribution in [0.5, 0.6) is 0 Å². The Morgan fingerprint density at radius 1 is 1.62 bits per heavy atom. The van der Waals surface area contributed by atoms with Gasteiger partial charge in [0.25, 0.3) is 0 Å². The Hall–Kier alpha value is -1.59. The molecule has 0 bridgehead atoms. The van der Waals surface area contributed by atoms with Crippen LogP contribution >= 0.6 is 12.2 Å². The minimum atomic E-state index is -0.971. The number of H-pyrrole nitrogens is 1. The van der Waals surface area contributed by atoms with Crippen LogP contribution in [-0.4, -0.2) is 61.8 Å². The van der Waals surface area contributed by atoms with Crippen molar-refractivity contribution in [3.8, 4) is 0 Å². The molecule has 0 spiro atoms. The summed E-state index contributed by atoms with van der Waals surface area (Å²) in [6.07, 6.45) is -1.54. The van der Waals surface area contributed by atoms with Gasteiger partial charge in [-0.2, -0.15) is 0 Å². The monoisotopic (exact) mass is 313 g/mol. The number of nitrogens with one attached hydrogen (secondary N) is 1. The van der Waals surface area contributed by atoms with E-state index in [9.17, 15) is 10.2 Å². The Morgan fingerprint density at radius 2 is 2.38 bits per heavy atom. The summed E-state index contributed by atoms with van der Waals surface area (Å²) in [7, 11) is 1.45. The molecule has 4 atom stereocenters. The minimum Gasteiger partial charge on any atom is -0.394 e. The first kappa shape index (κ1) is 14.4. The van der Waals surface area contributed by atoms with Crippen LogP contribution in [0.3, 0.4) is 0 Å². The van der Waals surface area contributed by atoms with Gasteiger partial charge in [0.15, 0.2) is 16.8 Å². The summed E-state index contributed by atoms with van der Waals surface area (Å²) < 4.78 is 12.6. The van der Waals surface area contributed by atoms with Crippen LogP contribution in [0.2, 0.25) is 0 Å². The highest BCUT2D eigenvalue weighted by molar-refractivity contribution is 7.71. The number of aromatic amines is 1. The van der Waals surface area contributed by atoms with Gasteiger partial charge >= 0.3 is 0 Å². The van der Waals surface area contributed by atoms with Gasteiger partial charge in [0.1, 0.15) is 29.5 Å². The Bertz CT molecular complexity index is 716. The first-order chi connectivity index (χ1) is 10.1. The fraction of sp³-hybridized carbons (Fsp3) is 0.545. The summed E-state index contributed by atoms with van der Waals surface area (Å²) >= 11 is 5.10. The van der Waals surface area contributed by atoms with Crippen molar-refractivity contribution in [3.63, 3.8) is 0 Å². The Kier molecular flexibility index (Phi) is 3.63. The Balaban J connectivity index is 2.07. The molecule has 1 fully saturated rings. The van der Waals surface area contributed by atoms with E-state index in [2.05, 4.69) is 15.0 Å². The molecule has 2 aromatic rings. The van der Waals surface area contributed by atoms with Crippen molar-refractivity contribution < 1.29 is 19.7 Å². The molecule has 0 aromatic carbocycles. The molecular weight excluding hydrogens is 298 g/mol. The summed E-state index contributed by atoms with van der Waals surface area (Å²) in [5.74, 6) is 0.142. The van der Waals surface area contributed by atoms with E-state index in [4.69, 9.17) is 27.4 Å². The first-order valence-electron chi connectivity index (χ1n) is 6.26. The highest BCUT2D eigenvalue weighted by Crippen LogP contribution is 2.32. The molecule has 0 radical (unpaired) electrons. The van der Waals surface area contributed by atoms with E-state index < -0.39 is 24.5 Å². The molecule has 9 nitrogen and oxygen atoms in total. The van der Waals surface area contributed by atoms with Crippen molar-refractivity contribution in [1.82, 2.24) is 19.5 Å². The number of aromatic nitrogens is 4. The molecule has 2 aromatic heterocycles. The fourth-order valence-corrected chi connectivity index (χ4v) is 2.78. The maximum atomic E-state index is 10.3. The number of imidazole rings is 1. The SMILES string of the molecule is CO[C@H]1[C@@H](O)[C@@H](n2cnc3c(=S)nc(N)[nH]c32)O[C@@H]1CO. The van der Waals surface area contributed by atoms with Crippen LogP contribution in [0, 0.1) is 4.64 Å². The zero-order chi connectivity index (χ0) is 15.1. The van der Waals surface area contributed by atoms with Gasteiger partial charge in [-0.1, -0.05) is 12.2 Å². The normalized spacial score (nSPS) is 29.3. The average Bonchev–Trinajstić information content (AvgIpc) is 2.99. The van der Waals surface area contributed by atoms with Gasteiger partial charge in [0, 0.05) is 7.11 Å². The summed E-state index contributed by atoms with van der Waals surface area (Å²) in [5.41, 5.74) is 6.60. The second-order valence-corrected chi connectivity index (χ2v) is 5.10. The molecule has 5 N–H and O–H groups in total. The number of nitrogen functional groups attached to an aromatic ring is 1. The molecular formula is C11H15N5O4S. The summed E-state index contributed by atoms with van der Waals surface area (Å²) in [6, 6.07) is 0. The predicted octanol–water partition coefficient (Wildman–Crippen LogP) is -0.663. The predicted molar refractivity (Wildman–Crippen MR) is 74.9 cm³/mol. The third-order valence-corrected chi connectivity index (χ3v) is 3.79. The van der Waals surface area contributed by atoms with E-state index in [1.165, 1.54) is 13.4 Å². The Labute approximate surface area is 124 Å². The molecule has 0 amide bonds. The molecule has 1 saturated heterocycles. The highest BCUT2D eigenvalue weighted by Gasteiger charge is 2.45. The zero-order valence-corrected chi connectivity index (χ0v) is 11.9. The number of hydrogen-bond acceptors (Lipinski definition) is 8. The standard InChI is InChI=1S/C11H15N5O4S/c1-19-7-4(2-17)20-10(6(7)18)16-3-13-5-8(16)14-11(12)15-9(5)21/h3-4,6-7,10,17-18H,2H2,1H3,(H3,12,14,15,21)/t4-,6-,7-,10+/m1/s1. The van der Waals surface area contributed by atoms with E-state index in [0.29, 0.717) is 11.2 Å². The number of anilines is 1. The van der Waals surface area contributed by atoms with E-state index in [0.717, 1.165) is 0 Å². The number of fused-ring (bicyclic) bond motifs is 1. The third kappa shape index (κ3) is 2.21. The van der Waals surface area contributed by atoms with Gasteiger partial charge in [-0.15, -0.1) is 0 Å². The van der Waals surface area contributed by atoms with Crippen molar-refractivity contribution in [3.05, 3.63) is 11.0 Å². The largest absolute Gasteiger partial charge is 0.394 e. The van der Waals surface area contributed by atoms with Gasteiger partial charge in [-0.3, -0.25) is 4.57 Å². The van der Waals surface area contributed by atoms with E-state index in [1.54, 1.807) is 4.57 Å². The highest BCUT2D eigenvalue weighted by atomic mass is 32.1. The average molecular weight is 313 g/mol. The van der Waals surface area contributed by atoms with Crippen LogP contribution in [0.15, 0.2) is 6.33 Å². The second kappa shape index (κ2) is 5.31. The molecule has 0 aliphatic carbocycles. The van der Waals surface area contributed by atoms with Crippen LogP contribution < -0.4 is 5.73 Å². The quantitative estimate of drug-likeness (QED) is 0.549. The van der Waals surface area contributed by atoms with Gasteiger partial charge < -0.3 is 30.4 Å². The first-order valence-corrected chi connectivity index (χ1v) is 6.67. The van der Waals surface area contributed by atoms with Crippen molar-refractivity contribution in [1.29, 1.82) is 0 Å². The van der Waals surface area contributed by atoms with E-state index in [1.807, 2.05) is 0 Å². The van der Waals surface area contributed by atoms with E-state index in [-0.39, 0.29) is 17.2 Å². The number of nitrogens with zero attached hydrogens (tertiary/aromatic N) is 3. The smallest absolute Gasteiger partial charge is 0.200 e. The summed E-state index contributed by atoms with van der Waals surface area (Å²) in [5, 5.41) is 19.6. The maximum Gasteiger partial charge on any atom is 0.200 e. The number of nitrogens with two attached hydrogens (primary N) is 1. The van der Waals surface area contributed by atoms with Gasteiger partial charge in [0.2, 0.25) is 0 Å². The lowest BCUT2D eigenvalue weighted by Gasteiger charge is -2.18. The molecule has 0 unspecified atom stereocenters. The Morgan fingerprint density at radius 3 is 3.00 bits per heavy atom. The molecule has 0 saturated carbocycles. The lowest BCUT2D eigenvalue weighted by molar-refractivity contribution is -0.0535. The third-order valence-electron chi connectivity index (χ3n) is 3.50. The molecule has 3 heterocycles. The topological polar surface area (TPSA) is 131 Å². The second-order valence-electron chi connectivity index (χ2n) is 4.71. The minimum absolute atomic E-state index is 0.142. The van der Waals surface area contributed by atoms with Crippen LogP contribution in [0.25, 0.3) is 11.2 Å².